The molecule has 1 N–H and O–H groups in total. The molecule has 3 aromatic rings. The predicted molar refractivity (Wildman–Crippen MR) is 126 cm³/mol. The first kappa shape index (κ1) is 25.4. The average Bonchev–Trinajstić information content (AvgIpc) is 3.37. The maximum atomic E-state index is 14.1. The standard InChI is InChI=1S/C24H29F3N6O3/c1-13-16(14(2)32(4)29-13)12-31(3)23(34)18-11-22-28-17(10-21(24(25,26)27)33(22)30-18)15-7-8-19(35-5)20(9-15)36-6/h7-9,11,17,21,28H,10,12H2,1-6H3/t17-,21-/m1/s1. The van der Waals surface area contributed by atoms with E-state index < -0.39 is 24.2 Å². The van der Waals surface area contributed by atoms with Gasteiger partial charge in [-0.2, -0.15) is 23.4 Å². The summed E-state index contributed by atoms with van der Waals surface area (Å²) in [5, 5.41) is 11.5. The van der Waals surface area contributed by atoms with Crippen molar-refractivity contribution in [3.63, 3.8) is 0 Å². The van der Waals surface area contributed by atoms with E-state index in [0.717, 1.165) is 21.6 Å². The summed E-state index contributed by atoms with van der Waals surface area (Å²) in [5.74, 6) is 0.529. The zero-order chi connectivity index (χ0) is 26.4. The van der Waals surface area contributed by atoms with Crippen LogP contribution in [0, 0.1) is 13.8 Å². The molecule has 2 aromatic heterocycles. The summed E-state index contributed by atoms with van der Waals surface area (Å²) in [6, 6.07) is 3.78. The molecule has 12 heteroatoms. The van der Waals surface area contributed by atoms with Crippen molar-refractivity contribution in [3.8, 4) is 11.5 Å². The van der Waals surface area contributed by atoms with Crippen LogP contribution in [0.3, 0.4) is 0 Å². The third-order valence-corrected chi connectivity index (χ3v) is 6.62. The van der Waals surface area contributed by atoms with Crippen molar-refractivity contribution in [3.05, 3.63) is 52.5 Å². The number of aryl methyl sites for hydroxylation is 2. The van der Waals surface area contributed by atoms with Crippen LogP contribution >= 0.6 is 0 Å². The van der Waals surface area contributed by atoms with Gasteiger partial charge in [-0.05, 0) is 31.5 Å². The number of ether oxygens (including phenoxy) is 2. The Balaban J connectivity index is 1.64. The highest BCUT2D eigenvalue weighted by Crippen LogP contribution is 2.44. The van der Waals surface area contributed by atoms with Gasteiger partial charge in [-0.1, -0.05) is 6.07 Å². The first-order chi connectivity index (χ1) is 16.9. The summed E-state index contributed by atoms with van der Waals surface area (Å²) in [4.78, 5) is 14.6. The number of hydrogen-bond acceptors (Lipinski definition) is 6. The minimum absolute atomic E-state index is 0.0681. The molecule has 4 rings (SSSR count). The molecule has 3 heterocycles. The van der Waals surface area contributed by atoms with E-state index in [1.165, 1.54) is 25.2 Å². The SMILES string of the molecule is COc1ccc([C@H]2C[C@H](C(F)(F)F)n3nc(C(=O)N(C)Cc4c(C)nn(C)c4C)cc3N2)cc1OC. The third kappa shape index (κ3) is 4.59. The number of carbonyl (C=O) groups is 1. The minimum Gasteiger partial charge on any atom is -0.493 e. The fourth-order valence-electron chi connectivity index (χ4n) is 4.52. The second-order valence-corrected chi connectivity index (χ2v) is 8.90. The van der Waals surface area contributed by atoms with Gasteiger partial charge >= 0.3 is 6.18 Å². The number of halogens is 3. The summed E-state index contributed by atoms with van der Waals surface area (Å²) in [5.41, 5.74) is 3.11. The molecule has 0 bridgehead atoms. The van der Waals surface area contributed by atoms with Crippen LogP contribution in [0.4, 0.5) is 19.0 Å². The van der Waals surface area contributed by atoms with Gasteiger partial charge in [0.25, 0.3) is 5.91 Å². The molecule has 0 saturated heterocycles. The zero-order valence-corrected chi connectivity index (χ0v) is 21.0. The molecule has 1 aromatic carbocycles. The first-order valence-electron chi connectivity index (χ1n) is 11.3. The van der Waals surface area contributed by atoms with E-state index in [2.05, 4.69) is 15.5 Å². The summed E-state index contributed by atoms with van der Waals surface area (Å²) in [7, 11) is 6.36. The molecular formula is C24H29F3N6O3. The van der Waals surface area contributed by atoms with Gasteiger partial charge in [0.2, 0.25) is 0 Å². The molecule has 0 radical (unpaired) electrons. The fourth-order valence-corrected chi connectivity index (χ4v) is 4.52. The van der Waals surface area contributed by atoms with Crippen LogP contribution in [0.25, 0.3) is 0 Å². The fraction of sp³-hybridized carbons (Fsp3) is 0.458. The predicted octanol–water partition coefficient (Wildman–Crippen LogP) is 4.18. The van der Waals surface area contributed by atoms with Crippen molar-refractivity contribution in [1.29, 1.82) is 0 Å². The van der Waals surface area contributed by atoms with E-state index in [4.69, 9.17) is 9.47 Å². The quantitative estimate of drug-likeness (QED) is 0.540. The summed E-state index contributed by atoms with van der Waals surface area (Å²) in [6.07, 6.45) is -4.86. The lowest BCUT2D eigenvalue weighted by Crippen LogP contribution is -2.36. The maximum Gasteiger partial charge on any atom is 0.410 e. The van der Waals surface area contributed by atoms with Crippen LogP contribution < -0.4 is 14.8 Å². The van der Waals surface area contributed by atoms with E-state index in [-0.39, 0.29) is 24.5 Å². The van der Waals surface area contributed by atoms with Crippen molar-refractivity contribution in [2.75, 3.05) is 26.6 Å². The van der Waals surface area contributed by atoms with Crippen LogP contribution in [0.5, 0.6) is 11.5 Å². The van der Waals surface area contributed by atoms with Gasteiger partial charge in [0.15, 0.2) is 23.2 Å². The van der Waals surface area contributed by atoms with Gasteiger partial charge < -0.3 is 19.7 Å². The number of fused-ring (bicyclic) bond motifs is 1. The molecule has 0 saturated carbocycles. The number of alkyl halides is 3. The van der Waals surface area contributed by atoms with E-state index in [9.17, 15) is 18.0 Å². The number of methoxy groups -OCH3 is 2. The lowest BCUT2D eigenvalue weighted by atomic mass is 9.96. The van der Waals surface area contributed by atoms with Crippen molar-refractivity contribution in [2.24, 2.45) is 7.05 Å². The number of carbonyl (C=O) groups excluding carboxylic acids is 1. The van der Waals surface area contributed by atoms with E-state index in [1.807, 2.05) is 20.9 Å². The molecule has 36 heavy (non-hydrogen) atoms. The number of hydrogen-bond donors (Lipinski definition) is 1. The van der Waals surface area contributed by atoms with Gasteiger partial charge in [0.1, 0.15) is 5.82 Å². The summed E-state index contributed by atoms with van der Waals surface area (Å²) >= 11 is 0. The monoisotopic (exact) mass is 506 g/mol. The largest absolute Gasteiger partial charge is 0.493 e. The molecule has 0 spiro atoms. The minimum atomic E-state index is -4.56. The Bertz CT molecular complexity index is 1280. The van der Waals surface area contributed by atoms with Gasteiger partial charge in [-0.15, -0.1) is 0 Å². The van der Waals surface area contributed by atoms with Crippen molar-refractivity contribution < 1.29 is 27.4 Å². The van der Waals surface area contributed by atoms with E-state index in [0.29, 0.717) is 17.1 Å². The Kier molecular flexibility index (Phi) is 6.63. The second kappa shape index (κ2) is 9.40. The Morgan fingerprint density at radius 3 is 2.44 bits per heavy atom. The lowest BCUT2D eigenvalue weighted by molar-refractivity contribution is -0.173. The second-order valence-electron chi connectivity index (χ2n) is 8.90. The van der Waals surface area contributed by atoms with Gasteiger partial charge in [0, 0.05) is 44.4 Å². The Morgan fingerprint density at radius 1 is 1.17 bits per heavy atom. The average molecular weight is 507 g/mol. The number of aromatic nitrogens is 4. The molecule has 0 aliphatic carbocycles. The zero-order valence-electron chi connectivity index (χ0n) is 21.0. The number of benzene rings is 1. The topological polar surface area (TPSA) is 86.4 Å². The molecule has 0 fully saturated rings. The first-order valence-corrected chi connectivity index (χ1v) is 11.3. The molecule has 1 aliphatic heterocycles. The summed E-state index contributed by atoms with van der Waals surface area (Å²) in [6.45, 7) is 4.01. The Labute approximate surface area is 206 Å². The van der Waals surface area contributed by atoms with Crippen LogP contribution in [0.1, 0.15) is 51.5 Å². The smallest absolute Gasteiger partial charge is 0.410 e. The molecular weight excluding hydrogens is 477 g/mol. The van der Waals surface area contributed by atoms with Crippen LogP contribution in [0.15, 0.2) is 24.3 Å². The van der Waals surface area contributed by atoms with Crippen LogP contribution in [-0.4, -0.2) is 57.8 Å². The maximum absolute atomic E-state index is 14.1. The Morgan fingerprint density at radius 2 is 1.86 bits per heavy atom. The van der Waals surface area contributed by atoms with E-state index in [1.54, 1.807) is 29.9 Å². The number of anilines is 1. The molecule has 194 valence electrons. The highest BCUT2D eigenvalue weighted by molar-refractivity contribution is 5.93. The number of nitrogens with zero attached hydrogens (tertiary/aromatic N) is 5. The van der Waals surface area contributed by atoms with Crippen LogP contribution in [0.2, 0.25) is 0 Å². The van der Waals surface area contributed by atoms with E-state index >= 15 is 0 Å². The number of amides is 1. The highest BCUT2D eigenvalue weighted by atomic mass is 19.4. The summed E-state index contributed by atoms with van der Waals surface area (Å²) < 4.78 is 55.4. The van der Waals surface area contributed by atoms with Crippen molar-refractivity contribution in [1.82, 2.24) is 24.5 Å². The molecule has 1 amide bonds. The van der Waals surface area contributed by atoms with Gasteiger partial charge in [0.05, 0.1) is 26.0 Å². The molecule has 1 aliphatic rings. The normalized spacial score (nSPS) is 17.4. The number of rotatable bonds is 6. The van der Waals surface area contributed by atoms with Gasteiger partial charge in [-0.3, -0.25) is 9.48 Å². The third-order valence-electron chi connectivity index (χ3n) is 6.62. The highest BCUT2D eigenvalue weighted by Gasteiger charge is 2.47. The van der Waals surface area contributed by atoms with Crippen molar-refractivity contribution >= 4 is 11.7 Å². The Hall–Kier alpha value is -3.70. The number of nitrogens with one attached hydrogen (secondary N) is 1. The molecule has 2 atom stereocenters. The molecule has 9 nitrogen and oxygen atoms in total. The lowest BCUT2D eigenvalue weighted by Gasteiger charge is -2.33. The van der Waals surface area contributed by atoms with Crippen molar-refractivity contribution in [2.45, 2.75) is 45.1 Å². The van der Waals surface area contributed by atoms with Crippen LogP contribution in [-0.2, 0) is 13.6 Å². The van der Waals surface area contributed by atoms with Gasteiger partial charge in [-0.25, -0.2) is 4.68 Å². The molecule has 0 unspecified atom stereocenters.